The Balaban J connectivity index is 1.80. The smallest absolute Gasteiger partial charge is 0.257 e. The lowest BCUT2D eigenvalue weighted by Crippen LogP contribution is -1.92. The molecule has 2 aromatic carbocycles. The third kappa shape index (κ3) is 2.69. The first kappa shape index (κ1) is 12.4. The molecule has 0 fully saturated rings. The Bertz CT molecular complexity index is 699. The van der Waals surface area contributed by atoms with Crippen LogP contribution >= 0.6 is 0 Å². The van der Waals surface area contributed by atoms with Crippen LogP contribution in [0.1, 0.15) is 17.0 Å². The molecule has 0 radical (unpaired) electrons. The highest BCUT2D eigenvalue weighted by Gasteiger charge is 2.09. The number of nitrogen functional groups attached to an aromatic ring is 1. The molecule has 1 aromatic heterocycles. The van der Waals surface area contributed by atoms with Gasteiger partial charge in [-0.05, 0) is 36.8 Å². The fraction of sp³-hybridized carbons (Fsp3) is 0.125. The zero-order valence-corrected chi connectivity index (χ0v) is 11.2. The first-order valence-corrected chi connectivity index (χ1v) is 6.45. The van der Waals surface area contributed by atoms with Crippen LogP contribution in [0.15, 0.2) is 53.1 Å². The predicted molar refractivity (Wildman–Crippen MR) is 78.1 cm³/mol. The number of aromatic nitrogens is 2. The number of benzene rings is 2. The highest BCUT2D eigenvalue weighted by Crippen LogP contribution is 2.18. The Labute approximate surface area is 117 Å². The third-order valence-corrected chi connectivity index (χ3v) is 3.11. The van der Waals surface area contributed by atoms with E-state index in [1.54, 1.807) is 0 Å². The molecule has 0 aliphatic carbocycles. The quantitative estimate of drug-likeness (QED) is 0.738. The van der Waals surface area contributed by atoms with E-state index >= 15 is 0 Å². The molecule has 0 unspecified atom stereocenters. The lowest BCUT2D eigenvalue weighted by molar-refractivity contribution is 0.424. The molecule has 2 N–H and O–H groups in total. The van der Waals surface area contributed by atoms with Crippen LogP contribution in [-0.4, -0.2) is 10.1 Å². The summed E-state index contributed by atoms with van der Waals surface area (Å²) in [4.78, 5) is 4.42. The number of hydrogen-bond donors (Lipinski definition) is 1. The van der Waals surface area contributed by atoms with E-state index in [4.69, 9.17) is 10.3 Å². The zero-order chi connectivity index (χ0) is 13.9. The molecule has 20 heavy (non-hydrogen) atoms. The Kier molecular flexibility index (Phi) is 3.21. The van der Waals surface area contributed by atoms with Gasteiger partial charge in [-0.1, -0.05) is 35.0 Å². The van der Waals surface area contributed by atoms with E-state index in [1.807, 2.05) is 55.5 Å². The van der Waals surface area contributed by atoms with Crippen molar-refractivity contribution in [3.05, 3.63) is 65.5 Å². The largest absolute Gasteiger partial charge is 0.399 e. The average molecular weight is 265 g/mol. The van der Waals surface area contributed by atoms with Gasteiger partial charge in [0, 0.05) is 17.7 Å². The summed E-state index contributed by atoms with van der Waals surface area (Å²) in [6, 6.07) is 15.7. The first-order valence-electron chi connectivity index (χ1n) is 6.45. The molecule has 0 aliphatic rings. The second kappa shape index (κ2) is 5.17. The topological polar surface area (TPSA) is 64.9 Å². The maximum atomic E-state index is 5.66. The van der Waals surface area contributed by atoms with Crippen molar-refractivity contribution in [1.82, 2.24) is 10.1 Å². The van der Waals surface area contributed by atoms with Crippen LogP contribution < -0.4 is 5.73 Å². The highest BCUT2D eigenvalue weighted by atomic mass is 16.5. The van der Waals surface area contributed by atoms with E-state index in [-0.39, 0.29) is 0 Å². The van der Waals surface area contributed by atoms with Crippen LogP contribution in [0.3, 0.4) is 0 Å². The molecule has 3 rings (SSSR count). The van der Waals surface area contributed by atoms with Crippen molar-refractivity contribution in [1.29, 1.82) is 0 Å². The van der Waals surface area contributed by atoms with E-state index in [9.17, 15) is 0 Å². The fourth-order valence-electron chi connectivity index (χ4n) is 1.96. The van der Waals surface area contributed by atoms with Crippen molar-refractivity contribution in [3.8, 4) is 11.5 Å². The first-order chi connectivity index (χ1) is 9.70. The third-order valence-electron chi connectivity index (χ3n) is 3.11. The molecule has 0 spiro atoms. The minimum absolute atomic E-state index is 0.551. The van der Waals surface area contributed by atoms with Gasteiger partial charge in [0.15, 0.2) is 5.82 Å². The number of aryl methyl sites for hydroxylation is 1. The number of hydrogen-bond acceptors (Lipinski definition) is 4. The normalized spacial score (nSPS) is 10.7. The fourth-order valence-corrected chi connectivity index (χ4v) is 1.96. The van der Waals surface area contributed by atoms with Crippen LogP contribution in [0.4, 0.5) is 5.69 Å². The summed E-state index contributed by atoms with van der Waals surface area (Å²) in [5.74, 6) is 1.22. The van der Waals surface area contributed by atoms with Gasteiger partial charge >= 0.3 is 0 Å². The van der Waals surface area contributed by atoms with Crippen molar-refractivity contribution < 1.29 is 4.52 Å². The van der Waals surface area contributed by atoms with Crippen molar-refractivity contribution in [3.63, 3.8) is 0 Å². The molecule has 0 amide bonds. The molecule has 0 atom stereocenters. The molecule has 1 heterocycles. The zero-order valence-electron chi connectivity index (χ0n) is 11.2. The summed E-state index contributed by atoms with van der Waals surface area (Å²) < 4.78 is 5.30. The second-order valence-corrected chi connectivity index (χ2v) is 4.80. The van der Waals surface area contributed by atoms with Gasteiger partial charge in [-0.15, -0.1) is 0 Å². The van der Waals surface area contributed by atoms with Gasteiger partial charge < -0.3 is 10.3 Å². The Morgan fingerprint density at radius 2 is 1.70 bits per heavy atom. The molecule has 100 valence electrons. The monoisotopic (exact) mass is 265 g/mol. The molecular weight excluding hydrogens is 250 g/mol. The second-order valence-electron chi connectivity index (χ2n) is 4.80. The van der Waals surface area contributed by atoms with Crippen molar-refractivity contribution in [2.45, 2.75) is 13.3 Å². The van der Waals surface area contributed by atoms with E-state index in [1.165, 1.54) is 5.56 Å². The minimum atomic E-state index is 0.551. The molecule has 0 bridgehead atoms. The summed E-state index contributed by atoms with van der Waals surface area (Å²) in [5, 5.41) is 4.02. The van der Waals surface area contributed by atoms with Crippen molar-refractivity contribution in [2.75, 3.05) is 5.73 Å². The van der Waals surface area contributed by atoms with Gasteiger partial charge in [0.1, 0.15) is 0 Å². The summed E-state index contributed by atoms with van der Waals surface area (Å²) in [7, 11) is 0. The SMILES string of the molecule is Cc1ccc(-c2nc(Cc3ccc(N)cc3)no2)cc1. The molecule has 0 saturated carbocycles. The number of anilines is 1. The van der Waals surface area contributed by atoms with Gasteiger partial charge in [-0.3, -0.25) is 0 Å². The molecule has 0 saturated heterocycles. The Morgan fingerprint density at radius 1 is 1.00 bits per heavy atom. The van der Waals surface area contributed by atoms with E-state index in [0.29, 0.717) is 18.1 Å². The van der Waals surface area contributed by atoms with Crippen molar-refractivity contribution >= 4 is 5.69 Å². The molecular formula is C16H15N3O. The van der Waals surface area contributed by atoms with Crippen molar-refractivity contribution in [2.24, 2.45) is 0 Å². The molecule has 3 aromatic rings. The summed E-state index contributed by atoms with van der Waals surface area (Å²) in [6.45, 7) is 2.05. The van der Waals surface area contributed by atoms with Gasteiger partial charge in [0.25, 0.3) is 5.89 Å². The number of rotatable bonds is 3. The van der Waals surface area contributed by atoms with Gasteiger partial charge in [-0.2, -0.15) is 4.98 Å². The lowest BCUT2D eigenvalue weighted by atomic mass is 10.1. The lowest BCUT2D eigenvalue weighted by Gasteiger charge is -1.97. The van der Waals surface area contributed by atoms with Crippen LogP contribution in [-0.2, 0) is 6.42 Å². The standard InChI is InChI=1S/C16H15N3O/c1-11-2-6-13(7-3-11)16-18-15(19-20-16)10-12-4-8-14(17)9-5-12/h2-9H,10,17H2,1H3. The van der Waals surface area contributed by atoms with Crippen LogP contribution in [0, 0.1) is 6.92 Å². The highest BCUT2D eigenvalue weighted by molar-refractivity contribution is 5.53. The number of nitrogens with two attached hydrogens (primary N) is 1. The molecule has 4 nitrogen and oxygen atoms in total. The van der Waals surface area contributed by atoms with Gasteiger partial charge in [0.05, 0.1) is 0 Å². The predicted octanol–water partition coefficient (Wildman–Crippen LogP) is 3.22. The average Bonchev–Trinajstić information content (AvgIpc) is 2.91. The van der Waals surface area contributed by atoms with E-state index < -0.39 is 0 Å². The Hall–Kier alpha value is -2.62. The molecule has 4 heteroatoms. The Morgan fingerprint density at radius 3 is 2.40 bits per heavy atom. The van der Waals surface area contributed by atoms with Gasteiger partial charge in [0.2, 0.25) is 0 Å². The minimum Gasteiger partial charge on any atom is -0.399 e. The maximum Gasteiger partial charge on any atom is 0.257 e. The summed E-state index contributed by atoms with van der Waals surface area (Å²) in [6.07, 6.45) is 0.635. The summed E-state index contributed by atoms with van der Waals surface area (Å²) >= 11 is 0. The van der Waals surface area contributed by atoms with E-state index in [0.717, 1.165) is 16.8 Å². The number of nitrogens with zero attached hydrogens (tertiary/aromatic N) is 2. The maximum absolute atomic E-state index is 5.66. The van der Waals surface area contributed by atoms with Crippen LogP contribution in [0.2, 0.25) is 0 Å². The van der Waals surface area contributed by atoms with E-state index in [2.05, 4.69) is 10.1 Å². The van der Waals surface area contributed by atoms with Gasteiger partial charge in [-0.25, -0.2) is 0 Å². The van der Waals surface area contributed by atoms with Crippen LogP contribution in [0.25, 0.3) is 11.5 Å². The van der Waals surface area contributed by atoms with Crippen LogP contribution in [0.5, 0.6) is 0 Å². The summed E-state index contributed by atoms with van der Waals surface area (Å²) in [5.41, 5.74) is 9.66. The molecule has 0 aliphatic heterocycles.